The number of amides is 3. The maximum Gasteiger partial charge on any atom is 0.316 e. The fourth-order valence-electron chi connectivity index (χ4n) is 1.85. The fourth-order valence-corrected chi connectivity index (χ4v) is 2.01. The Kier molecular flexibility index (Phi) is 3.90. The average molecular weight is 283 g/mol. The molecule has 0 saturated carbocycles. The van der Waals surface area contributed by atoms with Crippen LogP contribution in [0, 0.1) is 0 Å². The maximum atomic E-state index is 12.0. The molecular formula is C12H15ClN4O2. The van der Waals surface area contributed by atoms with E-state index in [2.05, 4.69) is 10.3 Å². The number of nitrogens with one attached hydrogen (secondary N) is 1. The van der Waals surface area contributed by atoms with Gasteiger partial charge in [-0.15, -0.1) is 0 Å². The van der Waals surface area contributed by atoms with E-state index >= 15 is 0 Å². The molecule has 0 bridgehead atoms. The molecule has 2 heterocycles. The lowest BCUT2D eigenvalue weighted by atomic mass is 10.2. The molecule has 0 fully saturated rings. The lowest BCUT2D eigenvalue weighted by Crippen LogP contribution is -2.39. The van der Waals surface area contributed by atoms with Gasteiger partial charge < -0.3 is 15.1 Å². The van der Waals surface area contributed by atoms with E-state index in [9.17, 15) is 9.59 Å². The van der Waals surface area contributed by atoms with E-state index in [1.54, 1.807) is 31.1 Å². The second-order valence-electron chi connectivity index (χ2n) is 4.48. The SMILES string of the molecule is CN(C)C(=O)NCCN1Cc2nc(Cl)ccc2C1=O. The first-order valence-corrected chi connectivity index (χ1v) is 6.26. The summed E-state index contributed by atoms with van der Waals surface area (Å²) in [5, 5.41) is 3.10. The Hall–Kier alpha value is -1.82. The van der Waals surface area contributed by atoms with Crippen LogP contribution in [0.4, 0.5) is 4.79 Å². The van der Waals surface area contributed by atoms with Crippen LogP contribution in [0.2, 0.25) is 5.15 Å². The zero-order chi connectivity index (χ0) is 14.0. The van der Waals surface area contributed by atoms with Crippen LogP contribution in [0.3, 0.4) is 0 Å². The molecule has 1 aromatic rings. The van der Waals surface area contributed by atoms with E-state index in [-0.39, 0.29) is 11.9 Å². The van der Waals surface area contributed by atoms with Crippen molar-refractivity contribution >= 4 is 23.5 Å². The van der Waals surface area contributed by atoms with Gasteiger partial charge in [0.1, 0.15) is 5.15 Å². The largest absolute Gasteiger partial charge is 0.336 e. The lowest BCUT2D eigenvalue weighted by Gasteiger charge is -2.17. The van der Waals surface area contributed by atoms with Crippen molar-refractivity contribution in [1.29, 1.82) is 0 Å². The van der Waals surface area contributed by atoms with Gasteiger partial charge in [0, 0.05) is 27.2 Å². The van der Waals surface area contributed by atoms with Gasteiger partial charge in [-0.25, -0.2) is 9.78 Å². The van der Waals surface area contributed by atoms with Gasteiger partial charge in [0.15, 0.2) is 0 Å². The van der Waals surface area contributed by atoms with Gasteiger partial charge in [-0.3, -0.25) is 4.79 Å². The molecule has 19 heavy (non-hydrogen) atoms. The Morgan fingerprint density at radius 1 is 1.53 bits per heavy atom. The number of aromatic nitrogens is 1. The van der Waals surface area contributed by atoms with E-state index in [0.717, 1.165) is 0 Å². The van der Waals surface area contributed by atoms with Crippen molar-refractivity contribution in [3.63, 3.8) is 0 Å². The van der Waals surface area contributed by atoms with Gasteiger partial charge in [-0.2, -0.15) is 0 Å². The molecule has 0 aromatic carbocycles. The zero-order valence-corrected chi connectivity index (χ0v) is 11.6. The van der Waals surface area contributed by atoms with Crippen molar-refractivity contribution in [2.75, 3.05) is 27.2 Å². The molecule has 1 N–H and O–H groups in total. The molecule has 2 rings (SSSR count). The smallest absolute Gasteiger partial charge is 0.316 e. The van der Waals surface area contributed by atoms with E-state index in [1.807, 2.05) is 0 Å². The molecule has 6 nitrogen and oxygen atoms in total. The first-order valence-electron chi connectivity index (χ1n) is 5.89. The number of halogens is 1. The minimum Gasteiger partial charge on any atom is -0.336 e. The Labute approximate surface area is 116 Å². The van der Waals surface area contributed by atoms with Crippen molar-refractivity contribution < 1.29 is 9.59 Å². The molecule has 102 valence electrons. The normalized spacial score (nSPS) is 13.4. The van der Waals surface area contributed by atoms with Crippen LogP contribution in [0.5, 0.6) is 0 Å². The van der Waals surface area contributed by atoms with Gasteiger partial charge in [0.05, 0.1) is 17.8 Å². The predicted octanol–water partition coefficient (Wildman–Crippen LogP) is 0.962. The summed E-state index contributed by atoms with van der Waals surface area (Å²) in [6, 6.07) is 3.12. The van der Waals surface area contributed by atoms with Crippen molar-refractivity contribution in [2.45, 2.75) is 6.54 Å². The molecule has 1 aliphatic heterocycles. The second-order valence-corrected chi connectivity index (χ2v) is 4.87. The molecule has 0 atom stereocenters. The number of fused-ring (bicyclic) bond motifs is 1. The van der Waals surface area contributed by atoms with Crippen LogP contribution in [-0.2, 0) is 6.54 Å². The van der Waals surface area contributed by atoms with Crippen molar-refractivity contribution in [3.8, 4) is 0 Å². The van der Waals surface area contributed by atoms with Gasteiger partial charge in [0.25, 0.3) is 5.91 Å². The van der Waals surface area contributed by atoms with Gasteiger partial charge in [0.2, 0.25) is 0 Å². The first-order chi connectivity index (χ1) is 8.99. The number of urea groups is 1. The summed E-state index contributed by atoms with van der Waals surface area (Å²) >= 11 is 5.80. The lowest BCUT2D eigenvalue weighted by molar-refractivity contribution is 0.0779. The van der Waals surface area contributed by atoms with E-state index in [0.29, 0.717) is 36.0 Å². The third kappa shape index (κ3) is 2.96. The highest BCUT2D eigenvalue weighted by Gasteiger charge is 2.28. The predicted molar refractivity (Wildman–Crippen MR) is 71.1 cm³/mol. The monoisotopic (exact) mass is 282 g/mol. The molecule has 1 aromatic heterocycles. The van der Waals surface area contributed by atoms with E-state index in [1.165, 1.54) is 4.90 Å². The number of carbonyl (C=O) groups is 2. The first kappa shape index (κ1) is 13.6. The number of hydrogen-bond donors (Lipinski definition) is 1. The third-order valence-electron chi connectivity index (χ3n) is 2.86. The van der Waals surface area contributed by atoms with E-state index in [4.69, 9.17) is 11.6 Å². The Morgan fingerprint density at radius 3 is 2.95 bits per heavy atom. The molecule has 0 aliphatic carbocycles. The average Bonchev–Trinajstić information content (AvgIpc) is 2.65. The minimum absolute atomic E-state index is 0.0710. The molecule has 0 unspecified atom stereocenters. The standard InChI is InChI=1S/C12H15ClN4O2/c1-16(2)12(19)14-5-6-17-7-9-8(11(17)18)3-4-10(13)15-9/h3-4H,5-7H2,1-2H3,(H,14,19). The highest BCUT2D eigenvalue weighted by molar-refractivity contribution is 6.29. The summed E-state index contributed by atoms with van der Waals surface area (Å²) in [5.41, 5.74) is 1.28. The highest BCUT2D eigenvalue weighted by Crippen LogP contribution is 2.22. The van der Waals surface area contributed by atoms with Crippen molar-refractivity contribution in [1.82, 2.24) is 20.1 Å². The summed E-state index contributed by atoms with van der Waals surface area (Å²) in [7, 11) is 3.33. The second kappa shape index (κ2) is 5.44. The summed E-state index contributed by atoms with van der Waals surface area (Å²) in [6.45, 7) is 1.30. The molecule has 7 heteroatoms. The third-order valence-corrected chi connectivity index (χ3v) is 3.07. The van der Waals surface area contributed by atoms with Gasteiger partial charge in [-0.05, 0) is 12.1 Å². The summed E-state index contributed by atoms with van der Waals surface area (Å²) < 4.78 is 0. The maximum absolute atomic E-state index is 12.0. The summed E-state index contributed by atoms with van der Waals surface area (Å²) in [5.74, 6) is -0.0710. The summed E-state index contributed by atoms with van der Waals surface area (Å²) in [4.78, 5) is 30.6. The Morgan fingerprint density at radius 2 is 2.26 bits per heavy atom. The van der Waals surface area contributed by atoms with Crippen LogP contribution in [0.25, 0.3) is 0 Å². The zero-order valence-electron chi connectivity index (χ0n) is 10.8. The molecule has 3 amide bonds. The Bertz CT molecular complexity index is 518. The fraction of sp³-hybridized carbons (Fsp3) is 0.417. The van der Waals surface area contributed by atoms with Crippen molar-refractivity contribution in [3.05, 3.63) is 28.5 Å². The van der Waals surface area contributed by atoms with Crippen molar-refractivity contribution in [2.24, 2.45) is 0 Å². The van der Waals surface area contributed by atoms with Crippen LogP contribution in [0.15, 0.2) is 12.1 Å². The van der Waals surface area contributed by atoms with E-state index < -0.39 is 0 Å². The number of nitrogens with zero attached hydrogens (tertiary/aromatic N) is 3. The van der Waals surface area contributed by atoms with Gasteiger partial charge >= 0.3 is 6.03 Å². The highest BCUT2D eigenvalue weighted by atomic mass is 35.5. The quantitative estimate of drug-likeness (QED) is 0.840. The topological polar surface area (TPSA) is 65.5 Å². The number of hydrogen-bond acceptors (Lipinski definition) is 3. The minimum atomic E-state index is -0.176. The van der Waals surface area contributed by atoms with Crippen LogP contribution < -0.4 is 5.32 Å². The Balaban J connectivity index is 1.92. The molecule has 0 spiro atoms. The number of rotatable bonds is 3. The van der Waals surface area contributed by atoms with Crippen LogP contribution >= 0.6 is 11.6 Å². The van der Waals surface area contributed by atoms with Gasteiger partial charge in [-0.1, -0.05) is 11.6 Å². The molecule has 0 saturated heterocycles. The number of pyridine rings is 1. The molecule has 0 radical (unpaired) electrons. The molecular weight excluding hydrogens is 268 g/mol. The van der Waals surface area contributed by atoms with Crippen LogP contribution in [-0.4, -0.2) is 53.9 Å². The molecule has 1 aliphatic rings. The number of carbonyl (C=O) groups excluding carboxylic acids is 2. The summed E-state index contributed by atoms with van der Waals surface area (Å²) in [6.07, 6.45) is 0. The van der Waals surface area contributed by atoms with Crippen LogP contribution in [0.1, 0.15) is 16.1 Å².